The molecule has 1 aromatic rings. The van der Waals surface area contributed by atoms with Crippen LogP contribution in [0.15, 0.2) is 4.52 Å². The summed E-state index contributed by atoms with van der Waals surface area (Å²) in [4.78, 5) is 17.2. The van der Waals surface area contributed by atoms with Crippen LogP contribution < -0.4 is 5.32 Å². The highest BCUT2D eigenvalue weighted by Crippen LogP contribution is 2.32. The van der Waals surface area contributed by atoms with E-state index in [0.717, 1.165) is 14.0 Å². The third-order valence-corrected chi connectivity index (χ3v) is 3.50. The Labute approximate surface area is 124 Å². The van der Waals surface area contributed by atoms with Gasteiger partial charge in [-0.15, -0.1) is 0 Å². The van der Waals surface area contributed by atoms with Crippen LogP contribution in [0.1, 0.15) is 24.6 Å². The maximum atomic E-state index is 13.0. The normalized spacial score (nSPS) is 18.7. The molecule has 0 saturated carbocycles. The van der Waals surface area contributed by atoms with E-state index < -0.39 is 24.4 Å². The summed E-state index contributed by atoms with van der Waals surface area (Å²) < 4.78 is 48.6. The third-order valence-electron chi connectivity index (χ3n) is 3.50. The number of nitrogens with zero attached hydrogens (tertiary/aromatic N) is 3. The van der Waals surface area contributed by atoms with Crippen molar-refractivity contribution in [3.05, 3.63) is 11.7 Å². The van der Waals surface area contributed by atoms with Crippen LogP contribution in [0.2, 0.25) is 0 Å². The minimum atomic E-state index is -4.62. The molecule has 124 valence electrons. The molecule has 2 heterocycles. The topological polar surface area (TPSA) is 80.5 Å². The maximum Gasteiger partial charge on any atom is 0.413 e. The summed E-state index contributed by atoms with van der Waals surface area (Å²) in [6.07, 6.45) is -4.62. The minimum absolute atomic E-state index is 0.147. The van der Waals surface area contributed by atoms with Crippen molar-refractivity contribution in [1.29, 1.82) is 0 Å². The second-order valence-corrected chi connectivity index (χ2v) is 5.47. The second kappa shape index (κ2) is 5.75. The smallest absolute Gasteiger partial charge is 0.382 e. The van der Waals surface area contributed by atoms with Gasteiger partial charge < -0.3 is 19.5 Å². The van der Waals surface area contributed by atoms with Crippen molar-refractivity contribution >= 4 is 6.03 Å². The Morgan fingerprint density at radius 3 is 2.59 bits per heavy atom. The van der Waals surface area contributed by atoms with Gasteiger partial charge in [-0.05, 0) is 13.8 Å². The van der Waals surface area contributed by atoms with Crippen molar-refractivity contribution in [1.82, 2.24) is 20.4 Å². The van der Waals surface area contributed by atoms with Crippen LogP contribution in [-0.2, 0) is 4.74 Å². The van der Waals surface area contributed by atoms with Crippen LogP contribution in [0.25, 0.3) is 0 Å². The summed E-state index contributed by atoms with van der Waals surface area (Å²) in [5.74, 6) is 0.714. The predicted octanol–water partition coefficient (Wildman–Crippen LogP) is 1.45. The number of urea groups is 1. The molecule has 2 rings (SSSR count). The van der Waals surface area contributed by atoms with Crippen molar-refractivity contribution in [2.45, 2.75) is 31.5 Å². The first-order valence-electron chi connectivity index (χ1n) is 6.59. The SMILES string of the molecule is COCC(C)(NC(=O)N1CC(c2nc(C)no2)C1)C(F)(F)F. The molecule has 0 aliphatic carbocycles. The maximum absolute atomic E-state index is 13.0. The van der Waals surface area contributed by atoms with Crippen LogP contribution in [0.3, 0.4) is 0 Å². The van der Waals surface area contributed by atoms with Gasteiger partial charge in [-0.25, -0.2) is 4.79 Å². The second-order valence-electron chi connectivity index (χ2n) is 5.47. The van der Waals surface area contributed by atoms with E-state index in [4.69, 9.17) is 4.52 Å². The number of carbonyl (C=O) groups excluding carboxylic acids is 1. The van der Waals surface area contributed by atoms with Gasteiger partial charge in [-0.1, -0.05) is 5.16 Å². The molecule has 1 aliphatic rings. The number of ether oxygens (including phenoxy) is 1. The largest absolute Gasteiger partial charge is 0.413 e. The lowest BCUT2D eigenvalue weighted by Gasteiger charge is -2.40. The lowest BCUT2D eigenvalue weighted by atomic mass is 9.99. The van der Waals surface area contributed by atoms with Crippen LogP contribution in [0, 0.1) is 6.92 Å². The quantitative estimate of drug-likeness (QED) is 0.907. The molecule has 10 heteroatoms. The summed E-state index contributed by atoms with van der Waals surface area (Å²) in [6.45, 7) is 2.34. The fourth-order valence-electron chi connectivity index (χ4n) is 2.07. The molecule has 1 saturated heterocycles. The van der Waals surface area contributed by atoms with E-state index in [1.54, 1.807) is 6.92 Å². The molecule has 1 fully saturated rings. The monoisotopic (exact) mass is 322 g/mol. The van der Waals surface area contributed by atoms with E-state index in [2.05, 4.69) is 14.9 Å². The molecule has 2 amide bonds. The molecule has 1 aliphatic heterocycles. The van der Waals surface area contributed by atoms with Crippen LogP contribution in [0.5, 0.6) is 0 Å². The van der Waals surface area contributed by atoms with Gasteiger partial charge >= 0.3 is 12.2 Å². The molecule has 0 bridgehead atoms. The van der Waals surface area contributed by atoms with Crippen molar-refractivity contribution in [2.24, 2.45) is 0 Å². The lowest BCUT2D eigenvalue weighted by Crippen LogP contribution is -2.64. The molecule has 1 unspecified atom stereocenters. The first-order valence-corrected chi connectivity index (χ1v) is 6.59. The lowest BCUT2D eigenvalue weighted by molar-refractivity contribution is -0.200. The number of carbonyl (C=O) groups is 1. The third kappa shape index (κ3) is 3.16. The molecular formula is C12H17F3N4O3. The first-order chi connectivity index (χ1) is 10.2. The summed E-state index contributed by atoms with van der Waals surface area (Å²) in [5.41, 5.74) is -2.44. The molecule has 1 atom stereocenters. The van der Waals surface area contributed by atoms with E-state index in [0.29, 0.717) is 11.7 Å². The van der Waals surface area contributed by atoms with Gasteiger partial charge in [0.1, 0.15) is 0 Å². The Morgan fingerprint density at radius 2 is 2.14 bits per heavy atom. The standard InChI is InChI=1S/C12H17F3N4O3/c1-7-16-9(22-18-7)8-4-19(5-8)10(20)17-11(2,6-21-3)12(13,14)15/h8H,4-6H2,1-3H3,(H,17,20). The summed E-state index contributed by atoms with van der Waals surface area (Å²) in [5, 5.41) is 5.62. The van der Waals surface area contributed by atoms with Crippen molar-refractivity contribution in [3.8, 4) is 0 Å². The number of likely N-dealkylation sites (tertiary alicyclic amines) is 1. The molecule has 0 radical (unpaired) electrons. The van der Waals surface area contributed by atoms with Gasteiger partial charge in [-0.2, -0.15) is 18.2 Å². The Balaban J connectivity index is 1.93. The average Bonchev–Trinajstić information content (AvgIpc) is 2.72. The summed E-state index contributed by atoms with van der Waals surface area (Å²) in [7, 11) is 1.15. The molecule has 1 N–H and O–H groups in total. The highest BCUT2D eigenvalue weighted by atomic mass is 19.4. The van der Waals surface area contributed by atoms with E-state index >= 15 is 0 Å². The zero-order valence-corrected chi connectivity index (χ0v) is 12.4. The number of halogens is 3. The van der Waals surface area contributed by atoms with Crippen LogP contribution in [0.4, 0.5) is 18.0 Å². The van der Waals surface area contributed by atoms with Gasteiger partial charge in [-0.3, -0.25) is 0 Å². The van der Waals surface area contributed by atoms with E-state index in [-0.39, 0.29) is 19.0 Å². The van der Waals surface area contributed by atoms with Gasteiger partial charge in [0.05, 0.1) is 12.5 Å². The number of rotatable bonds is 4. The fraction of sp³-hybridized carbons (Fsp3) is 0.750. The number of hydrogen-bond donors (Lipinski definition) is 1. The predicted molar refractivity (Wildman–Crippen MR) is 68.2 cm³/mol. The number of alkyl halides is 3. The molecule has 0 aromatic carbocycles. The zero-order valence-electron chi connectivity index (χ0n) is 12.4. The summed E-state index contributed by atoms with van der Waals surface area (Å²) in [6, 6.07) is -0.802. The van der Waals surface area contributed by atoms with Crippen molar-refractivity contribution in [2.75, 3.05) is 26.8 Å². The zero-order chi connectivity index (χ0) is 16.5. The minimum Gasteiger partial charge on any atom is -0.382 e. The molecule has 7 nitrogen and oxygen atoms in total. The highest BCUT2D eigenvalue weighted by Gasteiger charge is 2.53. The van der Waals surface area contributed by atoms with E-state index in [1.165, 1.54) is 4.90 Å². The number of aryl methyl sites for hydroxylation is 1. The van der Waals surface area contributed by atoms with Gasteiger partial charge in [0.15, 0.2) is 11.4 Å². The number of amides is 2. The Morgan fingerprint density at radius 1 is 1.50 bits per heavy atom. The average molecular weight is 322 g/mol. The molecular weight excluding hydrogens is 305 g/mol. The van der Waals surface area contributed by atoms with Gasteiger partial charge in [0.2, 0.25) is 5.89 Å². The molecule has 0 spiro atoms. The molecule has 22 heavy (non-hydrogen) atoms. The fourth-order valence-corrected chi connectivity index (χ4v) is 2.07. The number of nitrogens with one attached hydrogen (secondary N) is 1. The highest BCUT2D eigenvalue weighted by molar-refractivity contribution is 5.76. The Kier molecular flexibility index (Phi) is 4.32. The first kappa shape index (κ1) is 16.5. The Bertz CT molecular complexity index is 542. The van der Waals surface area contributed by atoms with E-state index in [9.17, 15) is 18.0 Å². The van der Waals surface area contributed by atoms with Gasteiger partial charge in [0, 0.05) is 20.2 Å². The van der Waals surface area contributed by atoms with Gasteiger partial charge in [0.25, 0.3) is 0 Å². The number of hydrogen-bond acceptors (Lipinski definition) is 5. The number of aromatic nitrogens is 2. The van der Waals surface area contributed by atoms with Crippen molar-refractivity contribution in [3.63, 3.8) is 0 Å². The molecule has 1 aromatic heterocycles. The number of methoxy groups -OCH3 is 1. The van der Waals surface area contributed by atoms with Crippen LogP contribution in [-0.4, -0.2) is 59.6 Å². The Hall–Kier alpha value is -1.84. The van der Waals surface area contributed by atoms with E-state index in [1.807, 2.05) is 5.32 Å². The van der Waals surface area contributed by atoms with Crippen LogP contribution >= 0.6 is 0 Å². The van der Waals surface area contributed by atoms with Crippen molar-refractivity contribution < 1.29 is 27.2 Å². The summed E-state index contributed by atoms with van der Waals surface area (Å²) >= 11 is 0.